The smallest absolute Gasteiger partial charge is 0.326 e. The number of hydrogen-bond donors (Lipinski definition) is 6. The molecule has 3 atom stereocenters. The van der Waals surface area contributed by atoms with Crippen LogP contribution in [0.25, 0.3) is 0 Å². The molecule has 0 saturated heterocycles. The number of hydrogen-bond acceptors (Lipinski definition) is 6. The maximum absolute atomic E-state index is 12.2. The molecule has 0 saturated carbocycles. The van der Waals surface area contributed by atoms with Crippen molar-refractivity contribution in [3.63, 3.8) is 0 Å². The molecular formula is C17H30N4O7. The Balaban J connectivity index is 4.85. The topological polar surface area (TPSA) is 188 Å². The summed E-state index contributed by atoms with van der Waals surface area (Å²) in [7, 11) is 0. The Morgan fingerprint density at radius 2 is 1.46 bits per heavy atom. The highest BCUT2D eigenvalue weighted by molar-refractivity contribution is 5.94. The molecule has 3 amide bonds. The van der Waals surface area contributed by atoms with Gasteiger partial charge in [0, 0.05) is 0 Å². The van der Waals surface area contributed by atoms with Gasteiger partial charge in [0.15, 0.2) is 0 Å². The number of aliphatic carboxylic acids is 2. The van der Waals surface area contributed by atoms with Gasteiger partial charge in [-0.3, -0.25) is 19.2 Å². The zero-order valence-electron chi connectivity index (χ0n) is 16.5. The van der Waals surface area contributed by atoms with Crippen molar-refractivity contribution in [2.45, 2.75) is 58.7 Å². The van der Waals surface area contributed by atoms with Gasteiger partial charge < -0.3 is 31.9 Å². The Morgan fingerprint density at radius 3 is 1.89 bits per heavy atom. The van der Waals surface area contributed by atoms with Crippen molar-refractivity contribution in [3.8, 4) is 0 Å². The van der Waals surface area contributed by atoms with Crippen molar-refractivity contribution in [3.05, 3.63) is 0 Å². The van der Waals surface area contributed by atoms with Crippen molar-refractivity contribution in [2.75, 3.05) is 6.54 Å². The molecule has 0 spiro atoms. The average Bonchev–Trinajstić information content (AvgIpc) is 2.56. The van der Waals surface area contributed by atoms with Crippen LogP contribution in [0.5, 0.6) is 0 Å². The Kier molecular flexibility index (Phi) is 10.8. The van der Waals surface area contributed by atoms with Crippen LogP contribution in [0.3, 0.4) is 0 Å². The minimum Gasteiger partial charge on any atom is -0.481 e. The molecule has 28 heavy (non-hydrogen) atoms. The lowest BCUT2D eigenvalue weighted by Gasteiger charge is -2.21. The van der Waals surface area contributed by atoms with E-state index in [2.05, 4.69) is 16.0 Å². The number of rotatable bonds is 12. The summed E-state index contributed by atoms with van der Waals surface area (Å²) < 4.78 is 0. The molecule has 0 aliphatic heterocycles. The molecule has 0 heterocycles. The lowest BCUT2D eigenvalue weighted by Crippen LogP contribution is -2.55. The summed E-state index contributed by atoms with van der Waals surface area (Å²) in [6.07, 6.45) is -0.491. The second kappa shape index (κ2) is 11.9. The molecule has 11 heteroatoms. The molecule has 0 radical (unpaired) electrons. The van der Waals surface area contributed by atoms with Crippen LogP contribution in [-0.4, -0.2) is 64.5 Å². The molecule has 0 aliphatic rings. The largest absolute Gasteiger partial charge is 0.481 e. The highest BCUT2D eigenvalue weighted by Crippen LogP contribution is 2.05. The monoisotopic (exact) mass is 402 g/mol. The number of carboxylic acid groups (broad SMARTS) is 2. The molecular weight excluding hydrogens is 372 g/mol. The van der Waals surface area contributed by atoms with Crippen molar-refractivity contribution in [1.82, 2.24) is 16.0 Å². The van der Waals surface area contributed by atoms with Crippen molar-refractivity contribution in [2.24, 2.45) is 17.6 Å². The summed E-state index contributed by atoms with van der Waals surface area (Å²) in [5.74, 6) is -5.07. The first-order chi connectivity index (χ1) is 12.8. The zero-order chi connectivity index (χ0) is 22.0. The molecule has 160 valence electrons. The second-order valence-electron chi connectivity index (χ2n) is 7.23. The van der Waals surface area contributed by atoms with Crippen LogP contribution >= 0.6 is 0 Å². The minimum atomic E-state index is -1.42. The van der Waals surface area contributed by atoms with Gasteiger partial charge in [-0.25, -0.2) is 4.79 Å². The summed E-state index contributed by atoms with van der Waals surface area (Å²) >= 11 is 0. The Hall–Kier alpha value is -2.69. The summed E-state index contributed by atoms with van der Waals surface area (Å²) in [5, 5.41) is 24.8. The lowest BCUT2D eigenvalue weighted by molar-refractivity contribution is -0.143. The van der Waals surface area contributed by atoms with Gasteiger partial charge in [0.05, 0.1) is 19.0 Å². The first-order valence-corrected chi connectivity index (χ1v) is 8.92. The van der Waals surface area contributed by atoms with Crippen molar-refractivity contribution < 1.29 is 34.2 Å². The van der Waals surface area contributed by atoms with E-state index >= 15 is 0 Å². The number of amides is 3. The maximum atomic E-state index is 12.2. The van der Waals surface area contributed by atoms with Gasteiger partial charge in [0.2, 0.25) is 17.7 Å². The SMILES string of the molecule is CC(C)CC(NC(=O)CNC(=O)C(CC(=O)O)NC(=O)C(N)C(C)C)C(=O)O. The predicted molar refractivity (Wildman–Crippen MR) is 99.0 cm³/mol. The maximum Gasteiger partial charge on any atom is 0.326 e. The van der Waals surface area contributed by atoms with Crippen LogP contribution in [-0.2, 0) is 24.0 Å². The number of nitrogens with two attached hydrogens (primary N) is 1. The van der Waals surface area contributed by atoms with Crippen molar-refractivity contribution in [1.29, 1.82) is 0 Å². The molecule has 0 aliphatic carbocycles. The van der Waals surface area contributed by atoms with E-state index in [0.717, 1.165) is 0 Å². The molecule has 0 rings (SSSR count). The molecule has 11 nitrogen and oxygen atoms in total. The van der Waals surface area contributed by atoms with E-state index in [4.69, 9.17) is 15.9 Å². The van der Waals surface area contributed by atoms with Crippen LogP contribution < -0.4 is 21.7 Å². The number of carbonyl (C=O) groups is 5. The highest BCUT2D eigenvalue weighted by atomic mass is 16.4. The Labute approximate surface area is 163 Å². The van der Waals surface area contributed by atoms with Gasteiger partial charge in [0.1, 0.15) is 12.1 Å². The van der Waals surface area contributed by atoms with Crippen LogP contribution in [0.2, 0.25) is 0 Å². The fraction of sp³-hybridized carbons (Fsp3) is 0.706. The summed E-state index contributed by atoms with van der Waals surface area (Å²) in [6.45, 7) is 6.41. The standard InChI is InChI=1S/C17H30N4O7/c1-8(2)5-11(17(27)28)20-12(22)7-19-15(25)10(6-13(23)24)21-16(26)14(18)9(3)4/h8-11,14H,5-7,18H2,1-4H3,(H,19,25)(H,20,22)(H,21,26)(H,23,24)(H,27,28). The van der Waals surface area contributed by atoms with Gasteiger partial charge in [-0.15, -0.1) is 0 Å². The predicted octanol–water partition coefficient (Wildman–Crippen LogP) is -1.34. The third-order valence-corrected chi connectivity index (χ3v) is 3.80. The van der Waals surface area contributed by atoms with Gasteiger partial charge in [0.25, 0.3) is 0 Å². The molecule has 0 bridgehead atoms. The summed E-state index contributed by atoms with van der Waals surface area (Å²) in [6, 6.07) is -3.46. The van der Waals surface area contributed by atoms with E-state index in [0.29, 0.717) is 0 Å². The van der Waals surface area contributed by atoms with Crippen LogP contribution in [0, 0.1) is 11.8 Å². The number of carboxylic acids is 2. The fourth-order valence-electron chi connectivity index (χ4n) is 2.18. The fourth-order valence-corrected chi connectivity index (χ4v) is 2.18. The number of carbonyl (C=O) groups excluding carboxylic acids is 3. The van der Waals surface area contributed by atoms with Gasteiger partial charge >= 0.3 is 11.9 Å². The van der Waals surface area contributed by atoms with Crippen molar-refractivity contribution >= 4 is 29.7 Å². The number of nitrogens with one attached hydrogen (secondary N) is 3. The third kappa shape index (κ3) is 9.86. The second-order valence-corrected chi connectivity index (χ2v) is 7.23. The molecule has 7 N–H and O–H groups in total. The molecule has 0 aromatic carbocycles. The third-order valence-electron chi connectivity index (χ3n) is 3.80. The van der Waals surface area contributed by atoms with E-state index in [9.17, 15) is 24.0 Å². The van der Waals surface area contributed by atoms with Gasteiger partial charge in [-0.05, 0) is 18.3 Å². The highest BCUT2D eigenvalue weighted by Gasteiger charge is 2.28. The summed E-state index contributed by atoms with van der Waals surface area (Å²) in [5.41, 5.74) is 5.67. The zero-order valence-corrected chi connectivity index (χ0v) is 16.5. The molecule has 3 unspecified atom stereocenters. The first kappa shape index (κ1) is 25.3. The van der Waals surface area contributed by atoms with E-state index in [1.54, 1.807) is 27.7 Å². The van der Waals surface area contributed by atoms with Crippen LogP contribution in [0.15, 0.2) is 0 Å². The quantitative estimate of drug-likeness (QED) is 0.231. The molecule has 0 fully saturated rings. The van der Waals surface area contributed by atoms with E-state index in [1.807, 2.05) is 0 Å². The van der Waals surface area contributed by atoms with E-state index < -0.39 is 60.8 Å². The Bertz CT molecular complexity index is 592. The minimum absolute atomic E-state index is 0.0244. The average molecular weight is 402 g/mol. The molecule has 0 aromatic rings. The van der Waals surface area contributed by atoms with Crippen LogP contribution in [0.1, 0.15) is 40.5 Å². The first-order valence-electron chi connectivity index (χ1n) is 8.92. The Morgan fingerprint density at radius 1 is 0.893 bits per heavy atom. The van der Waals surface area contributed by atoms with Crippen LogP contribution in [0.4, 0.5) is 0 Å². The lowest BCUT2D eigenvalue weighted by atomic mass is 10.0. The normalized spacial score (nSPS) is 14.1. The summed E-state index contributed by atoms with van der Waals surface area (Å²) in [4.78, 5) is 58.2. The van der Waals surface area contributed by atoms with E-state index in [1.165, 1.54) is 0 Å². The van der Waals surface area contributed by atoms with Gasteiger partial charge in [-0.1, -0.05) is 27.7 Å². The van der Waals surface area contributed by atoms with E-state index in [-0.39, 0.29) is 18.3 Å². The molecule has 0 aromatic heterocycles. The van der Waals surface area contributed by atoms with Gasteiger partial charge in [-0.2, -0.15) is 0 Å².